The standard InChI is InChI=1S/C33H22ClFN4O7/c1-2-33(22-15-9-8-14-21(22)29(42)43)24(19-12-6-7-13-20(19)28(40)41)23(16-45-30(44)18-10-4-3-5-11-18)46-31(33)39-17-36-25-26(34)37-32(35)38-27(25)39/h1,3-15,17,23-24,31H,16H2,(H,40,41)(H,42,43)/t23-,24-,31+,33+/m0/s1. The Kier molecular flexibility index (Phi) is 7.95. The molecule has 46 heavy (non-hydrogen) atoms. The van der Waals surface area contributed by atoms with Gasteiger partial charge in [0.05, 0.1) is 23.0 Å². The highest BCUT2D eigenvalue weighted by Gasteiger charge is 2.60. The predicted molar refractivity (Wildman–Crippen MR) is 161 cm³/mol. The van der Waals surface area contributed by atoms with Gasteiger partial charge in [-0.05, 0) is 35.4 Å². The summed E-state index contributed by atoms with van der Waals surface area (Å²) in [6.45, 7) is -0.432. The van der Waals surface area contributed by atoms with Gasteiger partial charge in [0, 0.05) is 5.92 Å². The first-order valence-electron chi connectivity index (χ1n) is 13.7. The van der Waals surface area contributed by atoms with Crippen molar-refractivity contribution in [2.24, 2.45) is 0 Å². The van der Waals surface area contributed by atoms with Crippen LogP contribution in [0.2, 0.25) is 5.15 Å². The maximum atomic E-state index is 14.5. The van der Waals surface area contributed by atoms with E-state index in [9.17, 15) is 29.0 Å². The summed E-state index contributed by atoms with van der Waals surface area (Å²) in [4.78, 5) is 49.8. The number of fused-ring (bicyclic) bond motifs is 1. The van der Waals surface area contributed by atoms with Gasteiger partial charge in [-0.15, -0.1) is 6.42 Å². The molecule has 4 atom stereocenters. The van der Waals surface area contributed by atoms with Crippen LogP contribution in [0.15, 0.2) is 85.2 Å². The van der Waals surface area contributed by atoms with E-state index in [1.165, 1.54) is 47.3 Å². The second kappa shape index (κ2) is 12.0. The van der Waals surface area contributed by atoms with Crippen LogP contribution < -0.4 is 0 Å². The second-order valence-electron chi connectivity index (χ2n) is 10.3. The molecule has 6 rings (SSSR count). The minimum Gasteiger partial charge on any atom is -0.478 e. The van der Waals surface area contributed by atoms with Crippen LogP contribution in [0.5, 0.6) is 0 Å². The van der Waals surface area contributed by atoms with Crippen molar-refractivity contribution in [1.29, 1.82) is 0 Å². The SMILES string of the molecule is C#C[C@@]1(c2ccccc2C(=O)O)[C@@H](c2ccccc2C(=O)O)[C@H](COC(=O)c2ccccc2)O[C@H]1n1cnc2c(Cl)nc(F)nc21. The number of esters is 1. The molecule has 0 saturated carbocycles. The van der Waals surface area contributed by atoms with Crippen molar-refractivity contribution in [2.45, 2.75) is 23.7 Å². The first-order chi connectivity index (χ1) is 22.2. The van der Waals surface area contributed by atoms with Crippen LogP contribution in [0.1, 0.15) is 54.3 Å². The van der Waals surface area contributed by atoms with Gasteiger partial charge in [-0.25, -0.2) is 19.4 Å². The molecule has 0 unspecified atom stereocenters. The zero-order chi connectivity index (χ0) is 32.6. The number of carbonyl (C=O) groups excluding carboxylic acids is 1. The summed E-state index contributed by atoms with van der Waals surface area (Å²) in [7, 11) is 0. The largest absolute Gasteiger partial charge is 0.478 e. The maximum absolute atomic E-state index is 14.5. The Labute approximate surface area is 265 Å². The van der Waals surface area contributed by atoms with Crippen LogP contribution in [0.25, 0.3) is 11.2 Å². The number of hydrogen-bond donors (Lipinski definition) is 2. The van der Waals surface area contributed by atoms with Crippen molar-refractivity contribution in [3.63, 3.8) is 0 Å². The number of rotatable bonds is 8. The van der Waals surface area contributed by atoms with E-state index < -0.39 is 54.3 Å². The van der Waals surface area contributed by atoms with E-state index in [0.29, 0.717) is 0 Å². The van der Waals surface area contributed by atoms with Crippen molar-refractivity contribution in [2.75, 3.05) is 6.61 Å². The quantitative estimate of drug-likeness (QED) is 0.101. The fraction of sp³-hybridized carbons (Fsp3) is 0.152. The number of carboxylic acids is 2. The van der Waals surface area contributed by atoms with E-state index in [2.05, 4.69) is 20.9 Å². The van der Waals surface area contributed by atoms with Gasteiger partial charge in [0.15, 0.2) is 17.0 Å². The number of hydrogen-bond acceptors (Lipinski definition) is 8. The molecule has 1 aliphatic heterocycles. The van der Waals surface area contributed by atoms with Crippen molar-refractivity contribution in [1.82, 2.24) is 19.5 Å². The summed E-state index contributed by atoms with van der Waals surface area (Å²) in [6, 6.07) is 20.1. The highest BCUT2D eigenvalue weighted by Crippen LogP contribution is 2.57. The fourth-order valence-corrected chi connectivity index (χ4v) is 6.24. The lowest BCUT2D eigenvalue weighted by Crippen LogP contribution is -2.40. The number of terminal acetylenes is 1. The molecule has 0 aliphatic carbocycles. The van der Waals surface area contributed by atoms with Gasteiger partial charge in [-0.2, -0.15) is 14.4 Å². The summed E-state index contributed by atoms with van der Waals surface area (Å²) in [5.41, 5.74) is -1.79. The average molecular weight is 641 g/mol. The van der Waals surface area contributed by atoms with Crippen LogP contribution in [0.4, 0.5) is 4.39 Å². The molecule has 1 saturated heterocycles. The molecule has 0 spiro atoms. The number of imidazole rings is 1. The lowest BCUT2D eigenvalue weighted by Gasteiger charge is -2.37. The summed E-state index contributed by atoms with van der Waals surface area (Å²) >= 11 is 6.17. The summed E-state index contributed by atoms with van der Waals surface area (Å²) in [6.07, 6.45) is 3.88. The number of nitrogens with zero attached hydrogens (tertiary/aromatic N) is 4. The topological polar surface area (TPSA) is 154 Å². The third-order valence-electron chi connectivity index (χ3n) is 7.92. The van der Waals surface area contributed by atoms with Crippen LogP contribution in [-0.2, 0) is 14.9 Å². The lowest BCUT2D eigenvalue weighted by atomic mass is 9.64. The molecule has 1 aliphatic rings. The van der Waals surface area contributed by atoms with Crippen molar-refractivity contribution in [3.8, 4) is 12.3 Å². The number of aromatic carboxylic acids is 2. The minimum atomic E-state index is -1.84. The molecule has 11 nitrogen and oxygen atoms in total. The third kappa shape index (κ3) is 5.01. The Morgan fingerprint density at radius 3 is 2.33 bits per heavy atom. The number of carboxylic acid groups (broad SMARTS) is 2. The highest BCUT2D eigenvalue weighted by molar-refractivity contribution is 6.33. The van der Waals surface area contributed by atoms with Crippen molar-refractivity contribution < 1.29 is 38.5 Å². The number of benzene rings is 3. The van der Waals surface area contributed by atoms with Crippen LogP contribution in [0.3, 0.4) is 0 Å². The Morgan fingerprint density at radius 1 is 0.978 bits per heavy atom. The lowest BCUT2D eigenvalue weighted by molar-refractivity contribution is -0.0403. The second-order valence-corrected chi connectivity index (χ2v) is 10.7. The number of ether oxygens (including phenoxy) is 2. The smallest absolute Gasteiger partial charge is 0.338 e. The van der Waals surface area contributed by atoms with Gasteiger partial charge < -0.3 is 19.7 Å². The van der Waals surface area contributed by atoms with E-state index in [1.54, 1.807) is 42.5 Å². The van der Waals surface area contributed by atoms with E-state index in [4.69, 9.17) is 27.5 Å². The monoisotopic (exact) mass is 640 g/mol. The minimum absolute atomic E-state index is 0.00514. The van der Waals surface area contributed by atoms with Gasteiger partial charge in [0.25, 0.3) is 0 Å². The number of aromatic nitrogens is 4. The molecule has 0 radical (unpaired) electrons. The van der Waals surface area contributed by atoms with Crippen LogP contribution in [0, 0.1) is 18.4 Å². The van der Waals surface area contributed by atoms with Crippen LogP contribution in [-0.4, -0.2) is 60.4 Å². The normalized spacial score (nSPS) is 20.7. The molecule has 3 aromatic carbocycles. The molecule has 230 valence electrons. The summed E-state index contributed by atoms with van der Waals surface area (Å²) < 4.78 is 28.1. The molecule has 0 amide bonds. The number of carbonyl (C=O) groups is 3. The van der Waals surface area contributed by atoms with Crippen molar-refractivity contribution >= 4 is 40.7 Å². The Bertz CT molecular complexity index is 2050. The predicted octanol–water partition coefficient (Wildman–Crippen LogP) is 5.12. The van der Waals surface area contributed by atoms with E-state index in [1.807, 2.05) is 0 Å². The molecule has 2 aromatic heterocycles. The maximum Gasteiger partial charge on any atom is 0.338 e. The highest BCUT2D eigenvalue weighted by atomic mass is 35.5. The molecular weight excluding hydrogens is 619 g/mol. The molecule has 2 N–H and O–H groups in total. The zero-order valence-corrected chi connectivity index (χ0v) is 24.3. The van der Waals surface area contributed by atoms with Gasteiger partial charge >= 0.3 is 24.0 Å². The van der Waals surface area contributed by atoms with Gasteiger partial charge in [0.1, 0.15) is 23.6 Å². The van der Waals surface area contributed by atoms with Crippen molar-refractivity contribution in [3.05, 3.63) is 124 Å². The molecule has 13 heteroatoms. The Morgan fingerprint density at radius 2 is 1.63 bits per heavy atom. The van der Waals surface area contributed by atoms with E-state index in [-0.39, 0.29) is 44.1 Å². The summed E-state index contributed by atoms with van der Waals surface area (Å²) in [5, 5.41) is 20.2. The average Bonchev–Trinajstić information content (AvgIpc) is 3.63. The van der Waals surface area contributed by atoms with E-state index in [0.717, 1.165) is 0 Å². The first-order valence-corrected chi connectivity index (χ1v) is 14.1. The molecule has 0 bridgehead atoms. The molecule has 3 heterocycles. The van der Waals surface area contributed by atoms with Crippen LogP contribution >= 0.6 is 11.6 Å². The fourth-order valence-electron chi connectivity index (χ4n) is 6.04. The van der Waals surface area contributed by atoms with Gasteiger partial charge in [0.2, 0.25) is 0 Å². The van der Waals surface area contributed by atoms with Gasteiger partial charge in [-0.1, -0.05) is 72.1 Å². The molecular formula is C33H22ClFN4O7. The van der Waals surface area contributed by atoms with E-state index >= 15 is 0 Å². The summed E-state index contributed by atoms with van der Waals surface area (Å²) in [5.74, 6) is -1.70. The zero-order valence-electron chi connectivity index (χ0n) is 23.6. The number of halogens is 2. The molecule has 1 fully saturated rings. The third-order valence-corrected chi connectivity index (χ3v) is 8.18. The Balaban J connectivity index is 1.63. The molecule has 5 aromatic rings. The first kappa shape index (κ1) is 30.4. The Hall–Kier alpha value is -5.64. The van der Waals surface area contributed by atoms with Gasteiger partial charge in [-0.3, -0.25) is 4.57 Å².